The van der Waals surface area contributed by atoms with E-state index in [4.69, 9.17) is 0 Å². The lowest BCUT2D eigenvalue weighted by Gasteiger charge is -2.35. The molecule has 7 heteroatoms. The fourth-order valence-electron chi connectivity index (χ4n) is 4.88. The van der Waals surface area contributed by atoms with Gasteiger partial charge in [0.15, 0.2) is 0 Å². The zero-order valence-electron chi connectivity index (χ0n) is 17.7. The van der Waals surface area contributed by atoms with Crippen LogP contribution in [0.5, 0.6) is 0 Å². The van der Waals surface area contributed by atoms with Gasteiger partial charge >= 0.3 is 0 Å². The van der Waals surface area contributed by atoms with Gasteiger partial charge in [-0.3, -0.25) is 24.8 Å². The first-order valence-electron chi connectivity index (χ1n) is 10.6. The number of fused-ring (bicyclic) bond motifs is 1. The van der Waals surface area contributed by atoms with E-state index in [0.29, 0.717) is 5.92 Å². The van der Waals surface area contributed by atoms with Gasteiger partial charge in [-0.2, -0.15) is 0 Å². The summed E-state index contributed by atoms with van der Waals surface area (Å²) in [5.74, 6) is 0.570. The van der Waals surface area contributed by atoms with Crippen molar-refractivity contribution in [3.8, 4) is 0 Å². The van der Waals surface area contributed by atoms with Crippen LogP contribution in [-0.4, -0.2) is 52.7 Å². The maximum absolute atomic E-state index is 13.2. The molecule has 7 nitrogen and oxygen atoms in total. The van der Waals surface area contributed by atoms with Gasteiger partial charge in [-0.25, -0.2) is 0 Å². The number of hydrogen-bond acceptors (Lipinski definition) is 5. The molecular weight excluding hydrogens is 366 g/mol. The molecule has 4 unspecified atom stereocenters. The van der Waals surface area contributed by atoms with E-state index in [0.717, 1.165) is 54.5 Å². The van der Waals surface area contributed by atoms with Crippen molar-refractivity contribution in [2.24, 2.45) is 13.0 Å². The third kappa shape index (κ3) is 3.81. The lowest BCUT2D eigenvalue weighted by molar-refractivity contribution is -0.126. The summed E-state index contributed by atoms with van der Waals surface area (Å²) in [5.41, 5.74) is 2.71. The minimum atomic E-state index is -0.254. The number of nitrogens with zero attached hydrogens (tertiary/aromatic N) is 3. The van der Waals surface area contributed by atoms with Gasteiger partial charge in [-0.1, -0.05) is 6.92 Å². The number of aromatic nitrogens is 2. The molecule has 0 bridgehead atoms. The number of carbonyl (C=O) groups excluding carboxylic acids is 1. The molecule has 156 valence electrons. The van der Waals surface area contributed by atoms with Gasteiger partial charge in [-0.15, -0.1) is 0 Å². The molecular formula is C22H31N5O2. The van der Waals surface area contributed by atoms with Gasteiger partial charge in [0.2, 0.25) is 0 Å². The molecule has 1 amide bonds. The highest BCUT2D eigenvalue weighted by molar-refractivity contribution is 5.82. The first-order chi connectivity index (χ1) is 13.8. The van der Waals surface area contributed by atoms with Crippen LogP contribution in [0.25, 0.3) is 10.9 Å². The van der Waals surface area contributed by atoms with E-state index in [1.165, 1.54) is 0 Å². The molecule has 0 aromatic carbocycles. The third-order valence-electron chi connectivity index (χ3n) is 6.71. The SMILES string of the molecule is Cc1cc2c(cn1)cc(C1CC(NC(=O)C3NCCN3C)CCC1C)c(=O)n2C. The first kappa shape index (κ1) is 20.0. The van der Waals surface area contributed by atoms with Crippen LogP contribution in [0.15, 0.2) is 23.1 Å². The Balaban J connectivity index is 1.59. The van der Waals surface area contributed by atoms with Crippen LogP contribution < -0.4 is 16.2 Å². The van der Waals surface area contributed by atoms with Crippen LogP contribution >= 0.6 is 0 Å². The molecule has 2 aromatic heterocycles. The van der Waals surface area contributed by atoms with Gasteiger partial charge < -0.3 is 9.88 Å². The van der Waals surface area contributed by atoms with Crippen LogP contribution in [0.3, 0.4) is 0 Å². The zero-order chi connectivity index (χ0) is 20.7. The van der Waals surface area contributed by atoms with Crippen LogP contribution in [-0.2, 0) is 11.8 Å². The summed E-state index contributed by atoms with van der Waals surface area (Å²) < 4.78 is 1.74. The highest BCUT2D eigenvalue weighted by Gasteiger charge is 2.34. The largest absolute Gasteiger partial charge is 0.351 e. The fourth-order valence-corrected chi connectivity index (χ4v) is 4.88. The van der Waals surface area contributed by atoms with Crippen molar-refractivity contribution in [1.29, 1.82) is 0 Å². The molecule has 1 saturated carbocycles. The summed E-state index contributed by atoms with van der Waals surface area (Å²) in [7, 11) is 3.80. The zero-order valence-corrected chi connectivity index (χ0v) is 17.7. The number of nitrogens with one attached hydrogen (secondary N) is 2. The van der Waals surface area contributed by atoms with E-state index >= 15 is 0 Å². The molecule has 29 heavy (non-hydrogen) atoms. The molecule has 4 rings (SSSR count). The predicted octanol–water partition coefficient (Wildman–Crippen LogP) is 1.49. The normalized spacial score (nSPS) is 28.0. The average molecular weight is 398 g/mol. The highest BCUT2D eigenvalue weighted by atomic mass is 16.2. The van der Waals surface area contributed by atoms with E-state index in [2.05, 4.69) is 22.5 Å². The van der Waals surface area contributed by atoms with Crippen molar-refractivity contribution in [3.63, 3.8) is 0 Å². The summed E-state index contributed by atoms with van der Waals surface area (Å²) in [6.45, 7) is 5.86. The van der Waals surface area contributed by atoms with Crippen LogP contribution in [0.2, 0.25) is 0 Å². The molecule has 1 aliphatic heterocycles. The molecule has 2 aliphatic rings. The van der Waals surface area contributed by atoms with Crippen molar-refractivity contribution in [3.05, 3.63) is 39.9 Å². The Kier molecular flexibility index (Phi) is 5.44. The standard InChI is InChI=1S/C22H31N5O2/c1-13-5-6-16(25-21(28)20-23-7-8-26(20)3)11-17(13)18-10-15-12-24-14(2)9-19(15)27(4)22(18)29/h9-10,12-13,16-17,20,23H,5-8,11H2,1-4H3,(H,25,28). The summed E-state index contributed by atoms with van der Waals surface area (Å²) >= 11 is 0. The van der Waals surface area contributed by atoms with E-state index < -0.39 is 0 Å². The molecule has 3 heterocycles. The van der Waals surface area contributed by atoms with Gasteiger partial charge in [0, 0.05) is 49.0 Å². The Morgan fingerprint density at radius 3 is 2.79 bits per heavy atom. The predicted molar refractivity (Wildman–Crippen MR) is 114 cm³/mol. The van der Waals surface area contributed by atoms with Crippen molar-refractivity contribution in [2.45, 2.75) is 51.2 Å². The molecule has 1 saturated heterocycles. The lowest BCUT2D eigenvalue weighted by Crippen LogP contribution is -2.51. The van der Waals surface area contributed by atoms with E-state index in [1.54, 1.807) is 4.57 Å². The molecule has 2 N–H and O–H groups in total. The van der Waals surface area contributed by atoms with Crippen molar-refractivity contribution >= 4 is 16.8 Å². The van der Waals surface area contributed by atoms with Gasteiger partial charge in [-0.05, 0) is 57.2 Å². The number of likely N-dealkylation sites (N-methyl/N-ethyl adjacent to an activating group) is 1. The Bertz CT molecular complexity index is 985. The Hall–Kier alpha value is -2.25. The maximum Gasteiger partial charge on any atom is 0.254 e. The average Bonchev–Trinajstić information content (AvgIpc) is 3.13. The number of carbonyl (C=O) groups is 1. The van der Waals surface area contributed by atoms with Crippen molar-refractivity contribution in [1.82, 2.24) is 25.1 Å². The topological polar surface area (TPSA) is 79.3 Å². The molecule has 2 aromatic rings. The molecule has 1 aliphatic carbocycles. The van der Waals surface area contributed by atoms with E-state index in [9.17, 15) is 9.59 Å². The number of hydrogen-bond donors (Lipinski definition) is 2. The van der Waals surface area contributed by atoms with Crippen molar-refractivity contribution < 1.29 is 4.79 Å². The first-order valence-corrected chi connectivity index (χ1v) is 10.6. The maximum atomic E-state index is 13.2. The fraction of sp³-hybridized carbons (Fsp3) is 0.591. The molecule has 2 fully saturated rings. The number of aryl methyl sites for hydroxylation is 2. The molecule has 4 atom stereocenters. The second-order valence-corrected chi connectivity index (χ2v) is 8.79. The molecule has 0 spiro atoms. The summed E-state index contributed by atoms with van der Waals surface area (Å²) in [6, 6.07) is 4.07. The summed E-state index contributed by atoms with van der Waals surface area (Å²) in [4.78, 5) is 32.3. The summed E-state index contributed by atoms with van der Waals surface area (Å²) in [6.07, 6.45) is 4.34. The van der Waals surface area contributed by atoms with Gasteiger partial charge in [0.1, 0.15) is 6.17 Å². The quantitative estimate of drug-likeness (QED) is 0.820. The minimum Gasteiger partial charge on any atom is -0.351 e. The van der Waals surface area contributed by atoms with Gasteiger partial charge in [0.25, 0.3) is 11.5 Å². The second kappa shape index (κ2) is 7.88. The number of rotatable bonds is 3. The third-order valence-corrected chi connectivity index (χ3v) is 6.71. The monoisotopic (exact) mass is 397 g/mol. The smallest absolute Gasteiger partial charge is 0.254 e. The Labute approximate surface area is 171 Å². The minimum absolute atomic E-state index is 0.0365. The second-order valence-electron chi connectivity index (χ2n) is 8.79. The van der Waals surface area contributed by atoms with E-state index in [-0.39, 0.29) is 29.6 Å². The number of pyridine rings is 2. The van der Waals surface area contributed by atoms with E-state index in [1.807, 2.05) is 44.2 Å². The van der Waals surface area contributed by atoms with Crippen LogP contribution in [0.1, 0.15) is 43.4 Å². The number of amides is 1. The Morgan fingerprint density at radius 2 is 2.07 bits per heavy atom. The van der Waals surface area contributed by atoms with Crippen molar-refractivity contribution in [2.75, 3.05) is 20.1 Å². The van der Waals surface area contributed by atoms with Crippen LogP contribution in [0.4, 0.5) is 0 Å². The van der Waals surface area contributed by atoms with Gasteiger partial charge in [0.05, 0.1) is 5.52 Å². The Morgan fingerprint density at radius 1 is 1.28 bits per heavy atom. The highest BCUT2D eigenvalue weighted by Crippen LogP contribution is 2.37. The summed E-state index contributed by atoms with van der Waals surface area (Å²) in [5, 5.41) is 7.46. The lowest BCUT2D eigenvalue weighted by atomic mass is 9.74. The van der Waals surface area contributed by atoms with Crippen LogP contribution in [0, 0.1) is 12.8 Å². The molecule has 0 radical (unpaired) electrons.